The zero-order chi connectivity index (χ0) is 19.5. The second-order valence-corrected chi connectivity index (χ2v) is 7.93. The van der Waals surface area contributed by atoms with Crippen molar-refractivity contribution in [3.8, 4) is 0 Å². The van der Waals surface area contributed by atoms with Gasteiger partial charge in [0.15, 0.2) is 0 Å². The van der Waals surface area contributed by atoms with Gasteiger partial charge in [-0.05, 0) is 19.3 Å². The summed E-state index contributed by atoms with van der Waals surface area (Å²) < 4.78 is 16.1. The average molecular weight is 386 g/mol. The summed E-state index contributed by atoms with van der Waals surface area (Å²) >= 11 is 0. The van der Waals surface area contributed by atoms with Gasteiger partial charge in [0.2, 0.25) is 0 Å². The van der Waals surface area contributed by atoms with Crippen LogP contribution < -0.4 is 0 Å². The number of hydrogen-bond donors (Lipinski definition) is 1. The van der Waals surface area contributed by atoms with E-state index in [4.69, 9.17) is 14.2 Å². The van der Waals surface area contributed by atoms with Crippen LogP contribution in [0.4, 0.5) is 0 Å². The molecule has 158 valence electrons. The zero-order valence-electron chi connectivity index (χ0n) is 17.4. The standard InChI is InChI=1S/C20H39N3O4/c1-17(2)18(3)21-5-6-22-7-9-23(10-8-22)13-19(24)14-25-11-4-12-26-15-20-16-27-20/h17,19-20,24H,4-16H2,1-3H3. The van der Waals surface area contributed by atoms with Crippen LogP contribution in [0.3, 0.4) is 0 Å². The molecule has 0 bridgehead atoms. The summed E-state index contributed by atoms with van der Waals surface area (Å²) in [6.07, 6.45) is 0.761. The fourth-order valence-electron chi connectivity index (χ4n) is 2.96. The van der Waals surface area contributed by atoms with Crippen LogP contribution in [0.15, 0.2) is 4.99 Å². The lowest BCUT2D eigenvalue weighted by Crippen LogP contribution is -2.49. The van der Waals surface area contributed by atoms with Crippen molar-refractivity contribution in [2.45, 2.75) is 39.4 Å². The molecule has 1 N–H and O–H groups in total. The fraction of sp³-hybridized carbons (Fsp3) is 0.950. The Kier molecular flexibility index (Phi) is 10.8. The van der Waals surface area contributed by atoms with Crippen LogP contribution in [0, 0.1) is 5.92 Å². The molecule has 2 rings (SSSR count). The van der Waals surface area contributed by atoms with Crippen LogP contribution in [0.1, 0.15) is 27.2 Å². The molecule has 0 amide bonds. The molecule has 0 aromatic carbocycles. The van der Waals surface area contributed by atoms with Crippen molar-refractivity contribution in [1.29, 1.82) is 0 Å². The van der Waals surface area contributed by atoms with Gasteiger partial charge in [0, 0.05) is 58.2 Å². The third-order valence-corrected chi connectivity index (χ3v) is 5.14. The summed E-state index contributed by atoms with van der Waals surface area (Å²) in [5.74, 6) is 0.537. The maximum atomic E-state index is 10.2. The van der Waals surface area contributed by atoms with Gasteiger partial charge in [0.25, 0.3) is 0 Å². The van der Waals surface area contributed by atoms with Crippen LogP contribution in [0.2, 0.25) is 0 Å². The SMILES string of the molecule is CC(=NCCN1CCN(CC(O)COCCCOCC2CO2)CC1)C(C)C. The Morgan fingerprint density at radius 2 is 1.81 bits per heavy atom. The molecule has 0 aromatic heterocycles. The Balaban J connectivity index is 1.44. The van der Waals surface area contributed by atoms with E-state index in [1.165, 1.54) is 5.71 Å². The van der Waals surface area contributed by atoms with E-state index in [1.807, 2.05) is 0 Å². The van der Waals surface area contributed by atoms with Crippen LogP contribution in [-0.4, -0.2) is 112 Å². The van der Waals surface area contributed by atoms with E-state index in [0.717, 1.165) is 52.3 Å². The Morgan fingerprint density at radius 3 is 2.48 bits per heavy atom. The lowest BCUT2D eigenvalue weighted by atomic mass is 10.1. The maximum absolute atomic E-state index is 10.2. The molecule has 2 atom stereocenters. The highest BCUT2D eigenvalue weighted by Crippen LogP contribution is 2.08. The van der Waals surface area contributed by atoms with Crippen molar-refractivity contribution in [2.75, 3.05) is 78.8 Å². The largest absolute Gasteiger partial charge is 0.389 e. The van der Waals surface area contributed by atoms with Crippen LogP contribution >= 0.6 is 0 Å². The average Bonchev–Trinajstić information content (AvgIpc) is 3.46. The maximum Gasteiger partial charge on any atom is 0.104 e. The van der Waals surface area contributed by atoms with Crippen molar-refractivity contribution in [2.24, 2.45) is 10.9 Å². The molecule has 27 heavy (non-hydrogen) atoms. The number of rotatable bonds is 14. The molecule has 0 radical (unpaired) electrons. The smallest absolute Gasteiger partial charge is 0.104 e. The third kappa shape index (κ3) is 10.5. The van der Waals surface area contributed by atoms with Crippen molar-refractivity contribution < 1.29 is 19.3 Å². The van der Waals surface area contributed by atoms with Gasteiger partial charge in [-0.3, -0.25) is 14.8 Å². The Hall–Kier alpha value is -0.570. The number of aliphatic hydroxyl groups is 1. The summed E-state index contributed by atoms with van der Waals surface area (Å²) in [4.78, 5) is 9.43. The third-order valence-electron chi connectivity index (χ3n) is 5.14. The lowest BCUT2D eigenvalue weighted by molar-refractivity contribution is 0.000578. The van der Waals surface area contributed by atoms with E-state index >= 15 is 0 Å². The first kappa shape index (κ1) is 22.7. The first-order chi connectivity index (χ1) is 13.0. The molecule has 2 aliphatic heterocycles. The molecule has 2 fully saturated rings. The molecule has 2 saturated heterocycles. The molecular formula is C20H39N3O4. The minimum absolute atomic E-state index is 0.324. The van der Waals surface area contributed by atoms with Gasteiger partial charge in [-0.2, -0.15) is 0 Å². The molecule has 2 heterocycles. The summed E-state index contributed by atoms with van der Waals surface area (Å²) in [5.41, 5.74) is 1.24. The number of aliphatic hydroxyl groups excluding tert-OH is 1. The summed E-state index contributed by atoms with van der Waals surface area (Å²) in [6, 6.07) is 0. The summed E-state index contributed by atoms with van der Waals surface area (Å²) in [7, 11) is 0. The molecular weight excluding hydrogens is 346 g/mol. The number of hydrogen-bond acceptors (Lipinski definition) is 7. The molecule has 7 heteroatoms. The number of aliphatic imine (C=N–C) groups is 1. The van der Waals surface area contributed by atoms with Crippen LogP contribution in [-0.2, 0) is 14.2 Å². The monoisotopic (exact) mass is 385 g/mol. The van der Waals surface area contributed by atoms with Crippen molar-refractivity contribution in [1.82, 2.24) is 9.80 Å². The topological polar surface area (TPSA) is 70.1 Å². The van der Waals surface area contributed by atoms with E-state index in [1.54, 1.807) is 0 Å². The highest BCUT2D eigenvalue weighted by Gasteiger charge is 2.22. The van der Waals surface area contributed by atoms with Crippen molar-refractivity contribution in [3.05, 3.63) is 0 Å². The normalized spacial score (nSPS) is 23.1. The number of epoxide rings is 1. The van der Waals surface area contributed by atoms with Gasteiger partial charge in [-0.1, -0.05) is 13.8 Å². The number of ether oxygens (including phenoxy) is 3. The molecule has 0 spiro atoms. The van der Waals surface area contributed by atoms with Gasteiger partial charge in [-0.25, -0.2) is 0 Å². The second-order valence-electron chi connectivity index (χ2n) is 7.93. The Morgan fingerprint density at radius 1 is 1.15 bits per heavy atom. The Bertz CT molecular complexity index is 421. The van der Waals surface area contributed by atoms with Crippen LogP contribution in [0.5, 0.6) is 0 Å². The predicted octanol–water partition coefficient (Wildman–Crippen LogP) is 0.904. The summed E-state index contributed by atoms with van der Waals surface area (Å²) in [5, 5.41) is 10.2. The van der Waals surface area contributed by atoms with Gasteiger partial charge in [-0.15, -0.1) is 0 Å². The molecule has 7 nitrogen and oxygen atoms in total. The molecule has 0 saturated carbocycles. The zero-order valence-corrected chi connectivity index (χ0v) is 17.4. The predicted molar refractivity (Wildman–Crippen MR) is 108 cm³/mol. The van der Waals surface area contributed by atoms with Crippen molar-refractivity contribution in [3.63, 3.8) is 0 Å². The van der Waals surface area contributed by atoms with Crippen molar-refractivity contribution >= 4 is 5.71 Å². The van der Waals surface area contributed by atoms with E-state index < -0.39 is 6.10 Å². The van der Waals surface area contributed by atoms with E-state index in [0.29, 0.717) is 45.0 Å². The minimum atomic E-state index is -0.421. The summed E-state index contributed by atoms with van der Waals surface area (Å²) in [6.45, 7) is 16.4. The van der Waals surface area contributed by atoms with E-state index in [-0.39, 0.29) is 0 Å². The highest BCUT2D eigenvalue weighted by molar-refractivity contribution is 5.83. The van der Waals surface area contributed by atoms with Crippen LogP contribution in [0.25, 0.3) is 0 Å². The van der Waals surface area contributed by atoms with Gasteiger partial charge >= 0.3 is 0 Å². The van der Waals surface area contributed by atoms with E-state index in [2.05, 4.69) is 35.6 Å². The molecule has 0 aliphatic carbocycles. The number of piperazine rings is 1. The van der Waals surface area contributed by atoms with Gasteiger partial charge in [0.1, 0.15) is 6.10 Å². The Labute approximate surface area is 164 Å². The van der Waals surface area contributed by atoms with Gasteiger partial charge < -0.3 is 19.3 Å². The molecule has 0 aromatic rings. The quantitative estimate of drug-likeness (QED) is 0.272. The minimum Gasteiger partial charge on any atom is -0.389 e. The fourth-order valence-corrected chi connectivity index (χ4v) is 2.96. The molecule has 2 aliphatic rings. The lowest BCUT2D eigenvalue weighted by Gasteiger charge is -2.35. The van der Waals surface area contributed by atoms with Gasteiger partial charge in [0.05, 0.1) is 32.5 Å². The first-order valence-electron chi connectivity index (χ1n) is 10.5. The molecule has 2 unspecified atom stereocenters. The second kappa shape index (κ2) is 12.8. The number of nitrogens with zero attached hydrogens (tertiary/aromatic N) is 3. The van der Waals surface area contributed by atoms with E-state index in [9.17, 15) is 5.11 Å². The highest BCUT2D eigenvalue weighted by atomic mass is 16.6. The number of β-amino-alcohol motifs (C(OH)–C–C–N with tert-alkyl or cyclic N) is 1. The first-order valence-corrected chi connectivity index (χ1v) is 10.5.